The molecule has 0 saturated heterocycles. The summed E-state index contributed by atoms with van der Waals surface area (Å²) in [6, 6.07) is 9.60. The molecule has 1 unspecified atom stereocenters. The van der Waals surface area contributed by atoms with Gasteiger partial charge < -0.3 is 0 Å². The molecule has 27 heavy (non-hydrogen) atoms. The van der Waals surface area contributed by atoms with Gasteiger partial charge in [-0.05, 0) is 49.6 Å². The Balaban J connectivity index is 1.83. The van der Waals surface area contributed by atoms with E-state index in [-0.39, 0.29) is 5.25 Å². The molecule has 4 rings (SSSR count). The van der Waals surface area contributed by atoms with Crippen LogP contribution >= 0.6 is 23.4 Å². The van der Waals surface area contributed by atoms with Gasteiger partial charge in [-0.25, -0.2) is 0 Å². The average molecular weight is 399 g/mol. The Bertz CT molecular complexity index is 973. The van der Waals surface area contributed by atoms with Crippen molar-refractivity contribution in [3.8, 4) is 17.1 Å². The molecule has 0 spiro atoms. The molecule has 1 aromatic carbocycles. The average Bonchev–Trinajstić information content (AvgIpc) is 3.10. The second kappa shape index (κ2) is 7.82. The largest absolute Gasteiger partial charge is 0.298 e. The SMILES string of the molecule is Cc1c(Cl)cccc1-n1c(SC2CCCCC2=O)nnc1-c1ccncc1. The summed E-state index contributed by atoms with van der Waals surface area (Å²) in [5.74, 6) is 1.02. The van der Waals surface area contributed by atoms with Crippen molar-refractivity contribution in [2.45, 2.75) is 43.0 Å². The lowest BCUT2D eigenvalue weighted by molar-refractivity contribution is -0.119. The van der Waals surface area contributed by atoms with E-state index in [9.17, 15) is 4.79 Å². The number of aromatic nitrogens is 4. The third-order valence-electron chi connectivity index (χ3n) is 4.80. The fraction of sp³-hybridized carbons (Fsp3) is 0.300. The number of nitrogens with zero attached hydrogens (tertiary/aromatic N) is 4. The van der Waals surface area contributed by atoms with E-state index in [0.29, 0.717) is 28.2 Å². The van der Waals surface area contributed by atoms with E-state index in [2.05, 4.69) is 15.2 Å². The minimum atomic E-state index is -0.0634. The maximum absolute atomic E-state index is 12.3. The third-order valence-corrected chi connectivity index (χ3v) is 6.47. The molecule has 1 aliphatic rings. The highest BCUT2D eigenvalue weighted by Crippen LogP contribution is 2.36. The van der Waals surface area contributed by atoms with Gasteiger partial charge in [-0.3, -0.25) is 14.3 Å². The maximum Gasteiger partial charge on any atom is 0.196 e. The van der Waals surface area contributed by atoms with E-state index in [1.807, 2.05) is 41.8 Å². The molecule has 1 fully saturated rings. The first-order valence-corrected chi connectivity index (χ1v) is 10.2. The Morgan fingerprint density at radius 3 is 2.74 bits per heavy atom. The van der Waals surface area contributed by atoms with Gasteiger partial charge in [-0.1, -0.05) is 35.9 Å². The molecule has 1 aliphatic carbocycles. The van der Waals surface area contributed by atoms with Gasteiger partial charge in [0.1, 0.15) is 5.78 Å². The number of Topliss-reactive ketones (excluding diaryl/α,β-unsaturated/α-hetero) is 1. The van der Waals surface area contributed by atoms with E-state index in [4.69, 9.17) is 11.6 Å². The van der Waals surface area contributed by atoms with Crippen LogP contribution in [0.25, 0.3) is 17.1 Å². The van der Waals surface area contributed by atoms with Crippen LogP contribution in [-0.2, 0) is 4.79 Å². The van der Waals surface area contributed by atoms with E-state index in [0.717, 1.165) is 36.1 Å². The van der Waals surface area contributed by atoms with Gasteiger partial charge in [-0.15, -0.1) is 10.2 Å². The molecule has 1 atom stereocenters. The lowest BCUT2D eigenvalue weighted by Gasteiger charge is -2.20. The maximum atomic E-state index is 12.3. The van der Waals surface area contributed by atoms with E-state index in [1.165, 1.54) is 11.8 Å². The van der Waals surface area contributed by atoms with Crippen molar-refractivity contribution in [1.29, 1.82) is 0 Å². The zero-order valence-corrected chi connectivity index (χ0v) is 16.5. The predicted octanol–water partition coefficient (Wildman–Crippen LogP) is 4.89. The Kier molecular flexibility index (Phi) is 5.27. The molecular formula is C20H19ClN4OS. The van der Waals surface area contributed by atoms with Gasteiger partial charge in [0.2, 0.25) is 0 Å². The van der Waals surface area contributed by atoms with Gasteiger partial charge in [0.05, 0.1) is 10.9 Å². The molecule has 0 N–H and O–H groups in total. The number of carbonyl (C=O) groups excluding carboxylic acids is 1. The standard InChI is InChI=1S/C20H19ClN4OS/c1-13-15(21)5-4-6-16(13)25-19(14-9-11-22-12-10-14)23-24-20(25)27-18-8-3-2-7-17(18)26/h4-6,9-12,18H,2-3,7-8H2,1H3. The molecule has 138 valence electrons. The topological polar surface area (TPSA) is 60.7 Å². The minimum absolute atomic E-state index is 0.0634. The zero-order chi connectivity index (χ0) is 18.8. The monoisotopic (exact) mass is 398 g/mol. The van der Waals surface area contributed by atoms with Crippen LogP contribution < -0.4 is 0 Å². The fourth-order valence-electron chi connectivity index (χ4n) is 3.29. The first-order valence-electron chi connectivity index (χ1n) is 8.96. The number of halogens is 1. The van der Waals surface area contributed by atoms with Crippen LogP contribution in [0.3, 0.4) is 0 Å². The summed E-state index contributed by atoms with van der Waals surface area (Å²) in [5.41, 5.74) is 2.79. The number of pyridine rings is 1. The molecule has 2 heterocycles. The van der Waals surface area contributed by atoms with Crippen LogP contribution in [0.2, 0.25) is 5.02 Å². The molecule has 3 aromatic rings. The smallest absolute Gasteiger partial charge is 0.196 e. The van der Waals surface area contributed by atoms with Gasteiger partial charge >= 0.3 is 0 Å². The Morgan fingerprint density at radius 2 is 1.96 bits per heavy atom. The highest BCUT2D eigenvalue weighted by atomic mass is 35.5. The Hall–Kier alpha value is -2.18. The summed E-state index contributed by atoms with van der Waals surface area (Å²) in [6.07, 6.45) is 7.06. The van der Waals surface area contributed by atoms with Crippen LogP contribution in [0.1, 0.15) is 31.2 Å². The first kappa shape index (κ1) is 18.2. The van der Waals surface area contributed by atoms with Crippen LogP contribution in [0.15, 0.2) is 47.9 Å². The highest BCUT2D eigenvalue weighted by molar-refractivity contribution is 8.00. The number of rotatable bonds is 4. The first-order chi connectivity index (χ1) is 13.1. The Labute approximate surface area is 167 Å². The van der Waals surface area contributed by atoms with Crippen molar-refractivity contribution < 1.29 is 4.79 Å². The third kappa shape index (κ3) is 3.64. The summed E-state index contributed by atoms with van der Waals surface area (Å²) in [4.78, 5) is 16.4. The number of carbonyl (C=O) groups is 1. The molecule has 0 radical (unpaired) electrons. The van der Waals surface area contributed by atoms with E-state index < -0.39 is 0 Å². The molecule has 0 amide bonds. The predicted molar refractivity (Wildman–Crippen MR) is 107 cm³/mol. The number of thioether (sulfide) groups is 1. The molecule has 0 bridgehead atoms. The molecule has 2 aromatic heterocycles. The van der Waals surface area contributed by atoms with Crippen molar-refractivity contribution >= 4 is 29.1 Å². The minimum Gasteiger partial charge on any atom is -0.298 e. The number of hydrogen-bond acceptors (Lipinski definition) is 5. The second-order valence-corrected chi connectivity index (χ2v) is 8.16. The summed E-state index contributed by atoms with van der Waals surface area (Å²) in [6.45, 7) is 1.98. The van der Waals surface area contributed by atoms with Crippen molar-refractivity contribution in [3.05, 3.63) is 53.3 Å². The Morgan fingerprint density at radius 1 is 1.15 bits per heavy atom. The lowest BCUT2D eigenvalue weighted by atomic mass is 9.99. The summed E-state index contributed by atoms with van der Waals surface area (Å²) >= 11 is 7.88. The van der Waals surface area contributed by atoms with Crippen LogP contribution in [0.4, 0.5) is 0 Å². The zero-order valence-electron chi connectivity index (χ0n) is 14.9. The van der Waals surface area contributed by atoms with Crippen molar-refractivity contribution in [2.75, 3.05) is 0 Å². The molecule has 5 nitrogen and oxygen atoms in total. The fourth-order valence-corrected chi connectivity index (χ4v) is 4.63. The molecule has 7 heteroatoms. The van der Waals surface area contributed by atoms with Crippen LogP contribution in [0.5, 0.6) is 0 Å². The molecule has 1 saturated carbocycles. The molecule has 0 aliphatic heterocycles. The van der Waals surface area contributed by atoms with E-state index in [1.54, 1.807) is 12.4 Å². The highest BCUT2D eigenvalue weighted by Gasteiger charge is 2.27. The van der Waals surface area contributed by atoms with Gasteiger partial charge in [0.15, 0.2) is 11.0 Å². The lowest BCUT2D eigenvalue weighted by Crippen LogP contribution is -2.21. The van der Waals surface area contributed by atoms with Crippen molar-refractivity contribution in [2.24, 2.45) is 0 Å². The van der Waals surface area contributed by atoms with Gasteiger partial charge in [0.25, 0.3) is 0 Å². The number of ketones is 1. The van der Waals surface area contributed by atoms with Gasteiger partial charge in [-0.2, -0.15) is 0 Å². The quantitative estimate of drug-likeness (QED) is 0.625. The van der Waals surface area contributed by atoms with Crippen LogP contribution in [-0.4, -0.2) is 30.8 Å². The van der Waals surface area contributed by atoms with E-state index >= 15 is 0 Å². The molecular weight excluding hydrogens is 380 g/mol. The van der Waals surface area contributed by atoms with Crippen LogP contribution in [0, 0.1) is 6.92 Å². The summed E-state index contributed by atoms with van der Waals surface area (Å²) in [7, 11) is 0. The number of benzene rings is 1. The van der Waals surface area contributed by atoms with Gasteiger partial charge in [0, 0.05) is 29.4 Å². The summed E-state index contributed by atoms with van der Waals surface area (Å²) < 4.78 is 2.00. The number of hydrogen-bond donors (Lipinski definition) is 0. The summed E-state index contributed by atoms with van der Waals surface area (Å²) in [5, 5.41) is 10.2. The second-order valence-electron chi connectivity index (χ2n) is 6.58. The van der Waals surface area contributed by atoms with Crippen molar-refractivity contribution in [1.82, 2.24) is 19.7 Å². The van der Waals surface area contributed by atoms with Crippen molar-refractivity contribution in [3.63, 3.8) is 0 Å². The normalized spacial score (nSPS) is 17.3.